The fourth-order valence-corrected chi connectivity index (χ4v) is 3.42. The lowest BCUT2D eigenvalue weighted by atomic mass is 10.1. The molecule has 2 aliphatic rings. The molecule has 0 radical (unpaired) electrons. The molecule has 0 unspecified atom stereocenters. The molecule has 134 valence electrons. The first kappa shape index (κ1) is 17.6. The Kier molecular flexibility index (Phi) is 5.44. The number of urea groups is 1. The molecule has 1 saturated heterocycles. The molecule has 1 N–H and O–H groups in total. The molecular weight excluding hydrogens is 316 g/mol. The molecular formula is C19H26N4O2. The fourth-order valence-electron chi connectivity index (χ4n) is 3.42. The largest absolute Gasteiger partial charge is 0.372 e. The van der Waals surface area contributed by atoms with E-state index in [0.717, 1.165) is 37.3 Å². The van der Waals surface area contributed by atoms with Crippen molar-refractivity contribution in [3.05, 3.63) is 24.3 Å². The third-order valence-electron chi connectivity index (χ3n) is 4.62. The van der Waals surface area contributed by atoms with Gasteiger partial charge in [-0.2, -0.15) is 5.26 Å². The van der Waals surface area contributed by atoms with Gasteiger partial charge >= 0.3 is 6.03 Å². The highest BCUT2D eigenvalue weighted by atomic mass is 16.5. The molecule has 0 spiro atoms. The van der Waals surface area contributed by atoms with Gasteiger partial charge in [-0.3, -0.25) is 0 Å². The van der Waals surface area contributed by atoms with Crippen molar-refractivity contribution < 1.29 is 9.53 Å². The average Bonchev–Trinajstić information content (AvgIpc) is 3.40. The number of nitriles is 1. The third kappa shape index (κ3) is 4.43. The molecule has 0 aromatic heterocycles. The predicted molar refractivity (Wildman–Crippen MR) is 97.6 cm³/mol. The molecule has 25 heavy (non-hydrogen) atoms. The Labute approximate surface area is 149 Å². The van der Waals surface area contributed by atoms with Crippen LogP contribution in [-0.4, -0.2) is 48.8 Å². The zero-order chi connectivity index (χ0) is 17.8. The molecule has 1 aliphatic heterocycles. The predicted octanol–water partition coefficient (Wildman–Crippen LogP) is 3.21. The van der Waals surface area contributed by atoms with E-state index in [1.165, 1.54) is 0 Å². The van der Waals surface area contributed by atoms with Gasteiger partial charge in [-0.1, -0.05) is 12.1 Å². The van der Waals surface area contributed by atoms with Crippen LogP contribution in [0.3, 0.4) is 0 Å². The number of para-hydroxylation sites is 2. The Morgan fingerprint density at radius 3 is 2.64 bits per heavy atom. The number of anilines is 2. The van der Waals surface area contributed by atoms with E-state index < -0.39 is 0 Å². The Bertz CT molecular complexity index is 643. The highest BCUT2D eigenvalue weighted by Gasteiger charge is 2.33. The smallest absolute Gasteiger partial charge is 0.322 e. The minimum Gasteiger partial charge on any atom is -0.372 e. The van der Waals surface area contributed by atoms with Crippen LogP contribution in [-0.2, 0) is 4.74 Å². The standard InChI is InChI=1S/C19H26N4O2/c1-14-12-22(13-15(2)25-14)18-7-4-3-6-17(18)21-19(24)23(11-5-10-20)16-8-9-16/h3-4,6-7,14-16H,5,8-9,11-13H2,1-2H3,(H,21,24)/t14-,15-/m0/s1. The minimum absolute atomic E-state index is 0.112. The highest BCUT2D eigenvalue weighted by molar-refractivity contribution is 5.93. The Morgan fingerprint density at radius 1 is 1.32 bits per heavy atom. The number of amides is 2. The maximum absolute atomic E-state index is 12.7. The van der Waals surface area contributed by atoms with Crippen molar-refractivity contribution in [2.75, 3.05) is 29.9 Å². The first-order valence-corrected chi connectivity index (χ1v) is 9.02. The van der Waals surface area contributed by atoms with Crippen molar-refractivity contribution in [1.29, 1.82) is 5.26 Å². The van der Waals surface area contributed by atoms with Crippen LogP contribution in [0.5, 0.6) is 0 Å². The number of carbonyl (C=O) groups is 1. The first-order chi connectivity index (χ1) is 12.1. The molecule has 1 aliphatic carbocycles. The van der Waals surface area contributed by atoms with Gasteiger partial charge in [0, 0.05) is 25.7 Å². The number of morpholine rings is 1. The van der Waals surface area contributed by atoms with Crippen molar-refractivity contribution in [2.24, 2.45) is 0 Å². The summed E-state index contributed by atoms with van der Waals surface area (Å²) in [5, 5.41) is 11.9. The fraction of sp³-hybridized carbons (Fsp3) is 0.579. The van der Waals surface area contributed by atoms with Gasteiger partial charge in [-0.05, 0) is 38.8 Å². The average molecular weight is 342 g/mol. The molecule has 1 heterocycles. The van der Waals surface area contributed by atoms with E-state index in [-0.39, 0.29) is 24.3 Å². The summed E-state index contributed by atoms with van der Waals surface area (Å²) < 4.78 is 5.81. The second-order valence-electron chi connectivity index (χ2n) is 6.94. The molecule has 1 aromatic rings. The van der Waals surface area contributed by atoms with Crippen molar-refractivity contribution >= 4 is 17.4 Å². The lowest BCUT2D eigenvalue weighted by molar-refractivity contribution is -0.00517. The van der Waals surface area contributed by atoms with Crippen molar-refractivity contribution in [1.82, 2.24) is 4.90 Å². The lowest BCUT2D eigenvalue weighted by Crippen LogP contribution is -2.46. The van der Waals surface area contributed by atoms with Crippen LogP contribution < -0.4 is 10.2 Å². The van der Waals surface area contributed by atoms with Crippen LogP contribution in [0.2, 0.25) is 0 Å². The monoisotopic (exact) mass is 342 g/mol. The summed E-state index contributed by atoms with van der Waals surface area (Å²) in [5.41, 5.74) is 1.84. The summed E-state index contributed by atoms with van der Waals surface area (Å²) >= 11 is 0. The maximum Gasteiger partial charge on any atom is 0.322 e. The summed E-state index contributed by atoms with van der Waals surface area (Å²) in [7, 11) is 0. The highest BCUT2D eigenvalue weighted by Crippen LogP contribution is 2.31. The summed E-state index contributed by atoms with van der Waals surface area (Å²) in [6.07, 6.45) is 2.74. The van der Waals surface area contributed by atoms with Gasteiger partial charge in [-0.15, -0.1) is 0 Å². The zero-order valence-electron chi connectivity index (χ0n) is 14.9. The van der Waals surface area contributed by atoms with E-state index in [0.29, 0.717) is 13.0 Å². The Hall–Kier alpha value is -2.26. The number of nitrogens with zero attached hydrogens (tertiary/aromatic N) is 3. The molecule has 6 nitrogen and oxygen atoms in total. The zero-order valence-corrected chi connectivity index (χ0v) is 14.9. The number of nitrogens with one attached hydrogen (secondary N) is 1. The third-order valence-corrected chi connectivity index (χ3v) is 4.62. The maximum atomic E-state index is 12.7. The molecule has 3 rings (SSSR count). The van der Waals surface area contributed by atoms with Crippen molar-refractivity contribution in [2.45, 2.75) is 51.4 Å². The summed E-state index contributed by atoms with van der Waals surface area (Å²) in [6.45, 7) is 6.23. The number of carbonyl (C=O) groups excluding carboxylic acids is 1. The molecule has 1 saturated carbocycles. The van der Waals surface area contributed by atoms with Crippen molar-refractivity contribution in [3.63, 3.8) is 0 Å². The van der Waals surface area contributed by atoms with Crippen LogP contribution in [0.15, 0.2) is 24.3 Å². The Balaban J connectivity index is 1.74. The normalized spacial score (nSPS) is 23.0. The Morgan fingerprint density at radius 2 is 2.00 bits per heavy atom. The minimum atomic E-state index is -0.112. The van der Waals surface area contributed by atoms with Gasteiger partial charge in [0.15, 0.2) is 0 Å². The van der Waals surface area contributed by atoms with E-state index in [1.54, 1.807) is 4.90 Å². The van der Waals surface area contributed by atoms with Gasteiger partial charge < -0.3 is 19.9 Å². The number of rotatable bonds is 5. The van der Waals surface area contributed by atoms with E-state index >= 15 is 0 Å². The van der Waals surface area contributed by atoms with Gasteiger partial charge in [0.2, 0.25) is 0 Å². The van der Waals surface area contributed by atoms with E-state index in [9.17, 15) is 4.79 Å². The van der Waals surface area contributed by atoms with Gasteiger partial charge in [0.05, 0.1) is 36.1 Å². The molecule has 2 atom stereocenters. The summed E-state index contributed by atoms with van der Waals surface area (Å²) in [5.74, 6) is 0. The lowest BCUT2D eigenvalue weighted by Gasteiger charge is -2.37. The second-order valence-corrected chi connectivity index (χ2v) is 6.94. The van der Waals surface area contributed by atoms with E-state index in [2.05, 4.69) is 30.1 Å². The van der Waals surface area contributed by atoms with E-state index in [1.807, 2.05) is 24.3 Å². The quantitative estimate of drug-likeness (QED) is 0.892. The number of benzene rings is 1. The summed E-state index contributed by atoms with van der Waals surface area (Å²) in [6, 6.07) is 10.2. The van der Waals surface area contributed by atoms with Gasteiger partial charge in [0.25, 0.3) is 0 Å². The molecule has 0 bridgehead atoms. The van der Waals surface area contributed by atoms with Crippen LogP contribution in [0, 0.1) is 11.3 Å². The first-order valence-electron chi connectivity index (χ1n) is 9.02. The SMILES string of the molecule is C[C@H]1CN(c2ccccc2NC(=O)N(CCC#N)C2CC2)C[C@H](C)O1. The molecule has 2 fully saturated rings. The van der Waals surface area contributed by atoms with Crippen LogP contribution in [0.4, 0.5) is 16.2 Å². The second kappa shape index (κ2) is 7.75. The van der Waals surface area contributed by atoms with Crippen molar-refractivity contribution in [3.8, 4) is 6.07 Å². The molecule has 6 heteroatoms. The molecule has 1 aromatic carbocycles. The number of ether oxygens (including phenoxy) is 1. The summed E-state index contributed by atoms with van der Waals surface area (Å²) in [4.78, 5) is 16.8. The van der Waals surface area contributed by atoms with Gasteiger partial charge in [-0.25, -0.2) is 4.79 Å². The number of hydrogen-bond acceptors (Lipinski definition) is 4. The van der Waals surface area contributed by atoms with E-state index in [4.69, 9.17) is 10.00 Å². The molecule has 2 amide bonds. The van der Waals surface area contributed by atoms with Crippen LogP contribution in [0.25, 0.3) is 0 Å². The van der Waals surface area contributed by atoms with Crippen LogP contribution in [0.1, 0.15) is 33.1 Å². The topological polar surface area (TPSA) is 68.6 Å². The van der Waals surface area contributed by atoms with Gasteiger partial charge in [0.1, 0.15) is 0 Å². The van der Waals surface area contributed by atoms with Crippen LogP contribution >= 0.6 is 0 Å². The number of hydrogen-bond donors (Lipinski definition) is 1.